The Hall–Kier alpha value is -3.92. The van der Waals surface area contributed by atoms with Crippen molar-refractivity contribution in [1.29, 1.82) is 0 Å². The lowest BCUT2D eigenvalue weighted by Crippen LogP contribution is -2.28. The molecule has 0 fully saturated rings. The van der Waals surface area contributed by atoms with Gasteiger partial charge in [0.15, 0.2) is 5.13 Å². The summed E-state index contributed by atoms with van der Waals surface area (Å²) in [6, 6.07) is 9.95. The minimum absolute atomic E-state index is 0.288. The molecule has 0 saturated carbocycles. The predicted octanol–water partition coefficient (Wildman–Crippen LogP) is 4.51. The number of benzene rings is 1. The minimum atomic E-state index is -0.332. The fourth-order valence-electron chi connectivity index (χ4n) is 2.80. The van der Waals surface area contributed by atoms with E-state index in [9.17, 15) is 9.59 Å². The van der Waals surface area contributed by atoms with E-state index in [0.29, 0.717) is 29.0 Å². The minimum Gasteiger partial charge on any atom is -0.457 e. The third-order valence-electron chi connectivity index (χ3n) is 4.07. The molecular weight excluding hydrogens is 404 g/mol. The number of nitrogens with zero attached hydrogens (tertiary/aromatic N) is 3. The predicted molar refractivity (Wildman–Crippen MR) is 115 cm³/mol. The first-order valence-corrected chi connectivity index (χ1v) is 10.0. The van der Waals surface area contributed by atoms with Gasteiger partial charge >= 0.3 is 12.1 Å². The van der Waals surface area contributed by atoms with Gasteiger partial charge in [0.25, 0.3) is 0 Å². The van der Waals surface area contributed by atoms with E-state index >= 15 is 0 Å². The van der Waals surface area contributed by atoms with Crippen molar-refractivity contribution >= 4 is 45.3 Å². The van der Waals surface area contributed by atoms with Gasteiger partial charge in [-0.3, -0.25) is 15.2 Å². The largest absolute Gasteiger partial charge is 0.457 e. The van der Waals surface area contributed by atoms with E-state index in [-0.39, 0.29) is 12.1 Å². The number of nitrogens with one attached hydrogen (secondary N) is 3. The van der Waals surface area contributed by atoms with E-state index in [1.54, 1.807) is 48.2 Å². The Morgan fingerprint density at radius 2 is 1.93 bits per heavy atom. The zero-order valence-electron chi connectivity index (χ0n) is 16.0. The van der Waals surface area contributed by atoms with E-state index < -0.39 is 0 Å². The van der Waals surface area contributed by atoms with Crippen LogP contribution in [0.25, 0.3) is 10.9 Å². The highest BCUT2D eigenvalue weighted by atomic mass is 32.1. The van der Waals surface area contributed by atoms with Crippen LogP contribution in [0.5, 0.6) is 11.5 Å². The highest BCUT2D eigenvalue weighted by Gasteiger charge is 2.11. The van der Waals surface area contributed by atoms with Gasteiger partial charge in [0, 0.05) is 42.0 Å². The van der Waals surface area contributed by atoms with Crippen molar-refractivity contribution in [2.24, 2.45) is 0 Å². The fourth-order valence-corrected chi connectivity index (χ4v) is 3.32. The molecule has 0 aliphatic rings. The molecule has 30 heavy (non-hydrogen) atoms. The van der Waals surface area contributed by atoms with Gasteiger partial charge in [-0.25, -0.2) is 19.6 Å². The van der Waals surface area contributed by atoms with Crippen molar-refractivity contribution in [2.45, 2.75) is 6.92 Å². The van der Waals surface area contributed by atoms with Crippen LogP contribution in [0, 0.1) is 0 Å². The topological polar surface area (TPSA) is 110 Å². The molecule has 0 radical (unpaired) electrons. The van der Waals surface area contributed by atoms with Crippen LogP contribution < -0.4 is 20.7 Å². The maximum Gasteiger partial charge on any atom is 0.332 e. The Balaban J connectivity index is 1.49. The van der Waals surface area contributed by atoms with Crippen molar-refractivity contribution in [3.8, 4) is 11.5 Å². The maximum atomic E-state index is 12.5. The number of hydrogen-bond acceptors (Lipinski definition) is 6. The van der Waals surface area contributed by atoms with Gasteiger partial charge in [0.05, 0.1) is 5.52 Å². The summed E-state index contributed by atoms with van der Waals surface area (Å²) in [6.07, 6.45) is 4.88. The standard InChI is InChI=1S/C20H18N6O3S/c1-2-21-18(27)24-17-12-15(5-7-22-17)29-14-3-4-16-13(11-14)6-9-26(16)20(28)25-19-23-8-10-30-19/h3-12H,2H2,1H3,(H,23,25,28)(H2,21,22,24,27). The quantitative estimate of drug-likeness (QED) is 0.438. The third-order valence-corrected chi connectivity index (χ3v) is 4.76. The SMILES string of the molecule is CCNC(=O)Nc1cc(Oc2ccc3c(ccn3C(=O)Nc3nccs3)c2)ccn1. The van der Waals surface area contributed by atoms with Crippen LogP contribution in [0.15, 0.2) is 60.4 Å². The second kappa shape index (κ2) is 8.62. The summed E-state index contributed by atoms with van der Waals surface area (Å²) in [6.45, 7) is 2.35. The van der Waals surface area contributed by atoms with Crippen LogP contribution in [-0.2, 0) is 0 Å². The molecule has 9 nitrogen and oxygen atoms in total. The molecule has 0 atom stereocenters. The van der Waals surface area contributed by atoms with Crippen LogP contribution >= 0.6 is 11.3 Å². The first kappa shape index (κ1) is 19.4. The van der Waals surface area contributed by atoms with Crippen LogP contribution in [0.1, 0.15) is 6.92 Å². The van der Waals surface area contributed by atoms with Gasteiger partial charge in [-0.15, -0.1) is 11.3 Å². The molecule has 4 rings (SSSR count). The number of hydrogen-bond donors (Lipinski definition) is 3. The number of anilines is 2. The van der Waals surface area contributed by atoms with Gasteiger partial charge in [-0.1, -0.05) is 0 Å². The van der Waals surface area contributed by atoms with Crippen molar-refractivity contribution < 1.29 is 14.3 Å². The molecule has 0 spiro atoms. The Morgan fingerprint density at radius 1 is 1.07 bits per heavy atom. The van der Waals surface area contributed by atoms with Crippen LogP contribution in [0.3, 0.4) is 0 Å². The Bertz CT molecular complexity index is 1190. The van der Waals surface area contributed by atoms with Gasteiger partial charge in [0.2, 0.25) is 0 Å². The van der Waals surface area contributed by atoms with Gasteiger partial charge in [-0.05, 0) is 37.3 Å². The van der Waals surface area contributed by atoms with Gasteiger partial charge in [-0.2, -0.15) is 0 Å². The first-order valence-electron chi connectivity index (χ1n) is 9.13. The molecule has 3 aromatic heterocycles. The summed E-state index contributed by atoms with van der Waals surface area (Å²) in [5, 5.41) is 11.2. The number of rotatable bonds is 5. The van der Waals surface area contributed by atoms with Gasteiger partial charge < -0.3 is 10.1 Å². The smallest absolute Gasteiger partial charge is 0.332 e. The number of ether oxygens (including phenoxy) is 1. The molecule has 3 N–H and O–H groups in total. The second-order valence-corrected chi connectivity index (χ2v) is 7.03. The molecule has 4 aromatic rings. The summed E-state index contributed by atoms with van der Waals surface area (Å²) < 4.78 is 7.41. The van der Waals surface area contributed by atoms with E-state index in [0.717, 1.165) is 10.9 Å². The molecule has 10 heteroatoms. The summed E-state index contributed by atoms with van der Waals surface area (Å²) in [4.78, 5) is 32.3. The lowest BCUT2D eigenvalue weighted by molar-refractivity contribution is 0.252. The monoisotopic (exact) mass is 422 g/mol. The molecule has 0 aliphatic carbocycles. The molecule has 0 saturated heterocycles. The molecule has 3 amide bonds. The van der Waals surface area contributed by atoms with Crippen molar-refractivity contribution in [2.75, 3.05) is 17.2 Å². The number of urea groups is 1. The number of thiazole rings is 1. The zero-order chi connectivity index (χ0) is 20.9. The van der Waals surface area contributed by atoms with Gasteiger partial charge in [0.1, 0.15) is 17.3 Å². The average Bonchev–Trinajstić information content (AvgIpc) is 3.37. The Labute approximate surface area is 175 Å². The normalized spacial score (nSPS) is 10.6. The number of aromatic nitrogens is 3. The average molecular weight is 422 g/mol. The van der Waals surface area contributed by atoms with Crippen LogP contribution in [0.4, 0.5) is 20.5 Å². The van der Waals surface area contributed by atoms with Crippen molar-refractivity contribution in [1.82, 2.24) is 19.9 Å². The van der Waals surface area contributed by atoms with Crippen LogP contribution in [-0.4, -0.2) is 33.1 Å². The molecule has 0 bridgehead atoms. The summed E-state index contributed by atoms with van der Waals surface area (Å²) >= 11 is 1.35. The van der Waals surface area contributed by atoms with Crippen molar-refractivity contribution in [3.05, 3.63) is 60.4 Å². The molecular formula is C20H18N6O3S. The lowest BCUT2D eigenvalue weighted by atomic mass is 10.2. The number of fused-ring (bicyclic) bond motifs is 1. The van der Waals surface area contributed by atoms with E-state index in [1.807, 2.05) is 19.1 Å². The molecule has 0 unspecified atom stereocenters. The van der Waals surface area contributed by atoms with E-state index in [4.69, 9.17) is 4.74 Å². The summed E-state index contributed by atoms with van der Waals surface area (Å²) in [5.41, 5.74) is 0.740. The summed E-state index contributed by atoms with van der Waals surface area (Å²) in [5.74, 6) is 1.50. The number of amides is 3. The Kier molecular flexibility index (Phi) is 5.57. The Morgan fingerprint density at radius 3 is 2.73 bits per heavy atom. The molecule has 3 heterocycles. The number of carbonyl (C=O) groups is 2. The fraction of sp³-hybridized carbons (Fsp3) is 0.100. The molecule has 1 aromatic carbocycles. The molecule has 152 valence electrons. The highest BCUT2D eigenvalue weighted by Crippen LogP contribution is 2.27. The van der Waals surface area contributed by atoms with Crippen LogP contribution in [0.2, 0.25) is 0 Å². The lowest BCUT2D eigenvalue weighted by Gasteiger charge is -2.09. The van der Waals surface area contributed by atoms with Crippen molar-refractivity contribution in [3.63, 3.8) is 0 Å². The number of pyridine rings is 1. The first-order chi connectivity index (χ1) is 14.6. The maximum absolute atomic E-state index is 12.5. The van der Waals surface area contributed by atoms with E-state index in [2.05, 4.69) is 25.9 Å². The van der Waals surface area contributed by atoms with E-state index in [1.165, 1.54) is 15.9 Å². The second-order valence-electron chi connectivity index (χ2n) is 6.14. The summed E-state index contributed by atoms with van der Waals surface area (Å²) in [7, 11) is 0. The molecule has 0 aliphatic heterocycles. The highest BCUT2D eigenvalue weighted by molar-refractivity contribution is 7.13. The third kappa shape index (κ3) is 4.39. The number of carbonyl (C=O) groups excluding carboxylic acids is 2. The zero-order valence-corrected chi connectivity index (χ0v) is 16.8.